The summed E-state index contributed by atoms with van der Waals surface area (Å²) in [5, 5.41) is 0.223. The van der Waals surface area contributed by atoms with Crippen LogP contribution in [-0.4, -0.2) is 9.97 Å². The highest BCUT2D eigenvalue weighted by atomic mass is 35.5. The first-order valence-electron chi connectivity index (χ1n) is 3.82. The van der Waals surface area contributed by atoms with Gasteiger partial charge in [-0.3, -0.25) is 0 Å². The lowest BCUT2D eigenvalue weighted by Gasteiger charge is -1.98. The second-order valence-electron chi connectivity index (χ2n) is 2.52. The monoisotopic (exact) mass is 189 g/mol. The Morgan fingerprint density at radius 1 is 1.15 bits per heavy atom. The van der Waals surface area contributed by atoms with Gasteiger partial charge in [-0.15, -0.1) is 0 Å². The Labute approximate surface area is 81.2 Å². The average Bonchev–Trinajstić information content (AvgIpc) is 2.19. The Bertz CT molecular complexity index is 401. The lowest BCUT2D eigenvalue weighted by molar-refractivity contribution is 1.16. The summed E-state index contributed by atoms with van der Waals surface area (Å²) in [7, 11) is 0. The van der Waals surface area contributed by atoms with E-state index in [2.05, 4.69) is 16.2 Å². The lowest BCUT2D eigenvalue weighted by atomic mass is 10.1. The molecule has 2 aromatic rings. The lowest BCUT2D eigenvalue weighted by Crippen LogP contribution is -1.85. The van der Waals surface area contributed by atoms with Crippen molar-refractivity contribution in [1.82, 2.24) is 9.97 Å². The van der Waals surface area contributed by atoms with E-state index in [1.807, 2.05) is 30.3 Å². The van der Waals surface area contributed by atoms with Gasteiger partial charge in [0.1, 0.15) is 0 Å². The summed E-state index contributed by atoms with van der Waals surface area (Å²) in [6, 6.07) is 11.5. The maximum Gasteiger partial charge on any atom is 0.223 e. The molecular weight excluding hydrogens is 184 g/mol. The fraction of sp³-hybridized carbons (Fsp3) is 0. The van der Waals surface area contributed by atoms with Crippen LogP contribution in [0, 0.1) is 6.20 Å². The Morgan fingerprint density at radius 3 is 2.62 bits per heavy atom. The molecule has 0 saturated carbocycles. The first-order chi connectivity index (χ1) is 6.36. The molecule has 1 heterocycles. The van der Waals surface area contributed by atoms with E-state index < -0.39 is 0 Å². The molecule has 1 aromatic heterocycles. The van der Waals surface area contributed by atoms with Gasteiger partial charge in [-0.1, -0.05) is 30.3 Å². The second kappa shape index (κ2) is 3.54. The maximum absolute atomic E-state index is 5.64. The number of rotatable bonds is 1. The molecule has 0 atom stereocenters. The molecule has 2 rings (SSSR count). The van der Waals surface area contributed by atoms with Crippen LogP contribution in [0.4, 0.5) is 0 Å². The van der Waals surface area contributed by atoms with Gasteiger partial charge in [-0.05, 0) is 17.7 Å². The van der Waals surface area contributed by atoms with Gasteiger partial charge >= 0.3 is 0 Å². The molecule has 63 valence electrons. The van der Waals surface area contributed by atoms with Crippen LogP contribution in [0.2, 0.25) is 5.28 Å². The van der Waals surface area contributed by atoms with Gasteiger partial charge in [0.15, 0.2) is 0 Å². The van der Waals surface area contributed by atoms with Crippen LogP contribution in [0.1, 0.15) is 0 Å². The molecule has 0 aliphatic carbocycles. The molecule has 13 heavy (non-hydrogen) atoms. The fourth-order valence-corrected chi connectivity index (χ4v) is 1.20. The van der Waals surface area contributed by atoms with Crippen LogP contribution in [0.3, 0.4) is 0 Å². The van der Waals surface area contributed by atoms with Crippen molar-refractivity contribution in [3.05, 3.63) is 47.9 Å². The minimum atomic E-state index is 0.223. The molecule has 0 unspecified atom stereocenters. The highest BCUT2D eigenvalue weighted by Gasteiger charge is 1.98. The molecule has 3 heteroatoms. The molecule has 0 bridgehead atoms. The summed E-state index contributed by atoms with van der Waals surface area (Å²) in [4.78, 5) is 7.76. The predicted molar refractivity (Wildman–Crippen MR) is 51.3 cm³/mol. The molecule has 0 N–H and O–H groups in total. The number of halogens is 1. The van der Waals surface area contributed by atoms with Crippen molar-refractivity contribution in [2.24, 2.45) is 0 Å². The molecule has 0 fully saturated rings. The molecular formula is C10H6ClN2. The van der Waals surface area contributed by atoms with Crippen molar-refractivity contribution in [3.8, 4) is 11.3 Å². The molecule has 0 aliphatic rings. The summed E-state index contributed by atoms with van der Waals surface area (Å²) in [6.07, 6.45) is 2.68. The van der Waals surface area contributed by atoms with Crippen molar-refractivity contribution in [1.29, 1.82) is 0 Å². The maximum atomic E-state index is 5.64. The van der Waals surface area contributed by atoms with Crippen molar-refractivity contribution in [2.75, 3.05) is 0 Å². The minimum absolute atomic E-state index is 0.223. The van der Waals surface area contributed by atoms with Gasteiger partial charge in [0, 0.05) is 5.56 Å². The van der Waals surface area contributed by atoms with E-state index in [1.165, 1.54) is 0 Å². The SMILES string of the molecule is Clc1n[c]cc(-c2ccccc2)n1. The minimum Gasteiger partial charge on any atom is -0.218 e. The first-order valence-corrected chi connectivity index (χ1v) is 4.20. The zero-order valence-corrected chi connectivity index (χ0v) is 7.49. The second-order valence-corrected chi connectivity index (χ2v) is 2.86. The van der Waals surface area contributed by atoms with Crippen LogP contribution in [-0.2, 0) is 0 Å². The smallest absolute Gasteiger partial charge is 0.218 e. The van der Waals surface area contributed by atoms with Crippen LogP contribution in [0.25, 0.3) is 11.3 Å². The Hall–Kier alpha value is -1.41. The molecule has 0 aliphatic heterocycles. The number of hydrogen-bond donors (Lipinski definition) is 0. The van der Waals surface area contributed by atoms with E-state index in [9.17, 15) is 0 Å². The fourth-order valence-electron chi connectivity index (χ4n) is 1.06. The summed E-state index contributed by atoms with van der Waals surface area (Å²) in [6.45, 7) is 0. The summed E-state index contributed by atoms with van der Waals surface area (Å²) in [5.41, 5.74) is 1.81. The van der Waals surface area contributed by atoms with Gasteiger partial charge in [0.05, 0.1) is 11.9 Å². The molecule has 0 saturated heterocycles. The van der Waals surface area contributed by atoms with Crippen LogP contribution in [0.5, 0.6) is 0 Å². The van der Waals surface area contributed by atoms with E-state index in [0.29, 0.717) is 0 Å². The number of nitrogens with zero attached hydrogens (tertiary/aromatic N) is 2. The van der Waals surface area contributed by atoms with Gasteiger partial charge in [-0.2, -0.15) is 0 Å². The molecule has 1 aromatic carbocycles. The zero-order chi connectivity index (χ0) is 9.10. The van der Waals surface area contributed by atoms with Crippen molar-refractivity contribution >= 4 is 11.6 Å². The highest BCUT2D eigenvalue weighted by Crippen LogP contribution is 2.16. The van der Waals surface area contributed by atoms with E-state index in [-0.39, 0.29) is 5.28 Å². The average molecular weight is 190 g/mol. The predicted octanol–water partition coefficient (Wildman–Crippen LogP) is 2.60. The summed E-state index contributed by atoms with van der Waals surface area (Å²) in [5.74, 6) is 0. The topological polar surface area (TPSA) is 25.8 Å². The quantitative estimate of drug-likeness (QED) is 0.645. The third-order valence-electron chi connectivity index (χ3n) is 1.64. The number of benzene rings is 1. The van der Waals surface area contributed by atoms with E-state index in [0.717, 1.165) is 11.3 Å². The first kappa shape index (κ1) is 8.20. The largest absolute Gasteiger partial charge is 0.223 e. The number of aromatic nitrogens is 2. The molecule has 0 amide bonds. The molecule has 1 radical (unpaired) electrons. The summed E-state index contributed by atoms with van der Waals surface area (Å²) < 4.78 is 0. The third-order valence-corrected chi connectivity index (χ3v) is 1.81. The zero-order valence-electron chi connectivity index (χ0n) is 6.74. The molecule has 2 nitrogen and oxygen atoms in total. The molecule has 0 spiro atoms. The van der Waals surface area contributed by atoms with Crippen LogP contribution >= 0.6 is 11.6 Å². The van der Waals surface area contributed by atoms with Crippen molar-refractivity contribution in [2.45, 2.75) is 0 Å². The standard InChI is InChI=1S/C10H6ClN2/c11-10-12-7-6-9(13-10)8-4-2-1-3-5-8/h1-6H. The Kier molecular flexibility index (Phi) is 2.23. The summed E-state index contributed by atoms with van der Waals surface area (Å²) >= 11 is 5.64. The Morgan fingerprint density at radius 2 is 1.92 bits per heavy atom. The highest BCUT2D eigenvalue weighted by molar-refractivity contribution is 6.28. The Balaban J connectivity index is 2.48. The van der Waals surface area contributed by atoms with Crippen molar-refractivity contribution in [3.63, 3.8) is 0 Å². The third kappa shape index (κ3) is 1.84. The van der Waals surface area contributed by atoms with Crippen LogP contribution < -0.4 is 0 Å². The van der Waals surface area contributed by atoms with Gasteiger partial charge in [0.25, 0.3) is 0 Å². The van der Waals surface area contributed by atoms with E-state index >= 15 is 0 Å². The van der Waals surface area contributed by atoms with Crippen LogP contribution in [0.15, 0.2) is 36.4 Å². The number of hydrogen-bond acceptors (Lipinski definition) is 2. The van der Waals surface area contributed by atoms with Crippen molar-refractivity contribution < 1.29 is 0 Å². The normalized spacial score (nSPS) is 9.92. The van der Waals surface area contributed by atoms with Gasteiger partial charge in [-0.25, -0.2) is 9.97 Å². The van der Waals surface area contributed by atoms with E-state index in [4.69, 9.17) is 11.6 Å². The van der Waals surface area contributed by atoms with E-state index in [1.54, 1.807) is 6.07 Å². The van der Waals surface area contributed by atoms with Gasteiger partial charge in [0.2, 0.25) is 5.28 Å². The van der Waals surface area contributed by atoms with Gasteiger partial charge < -0.3 is 0 Å².